The van der Waals surface area contributed by atoms with Crippen LogP contribution in [0, 0.1) is 10.8 Å². The maximum Gasteiger partial charge on any atom is 0.249 e. The van der Waals surface area contributed by atoms with E-state index in [9.17, 15) is 34.5 Å². The zero-order valence-electron chi connectivity index (χ0n) is 22.4. The standard InChI is InChI=1S/C25H46N2O7S2/c1-6-24(2,3)22(33)23(34)27-13-12-20(31)26-14-16-36-35-15-8-10-18(29)9-7-11-19(30)21(32)25(4,5)17-28/h21-22,28,32-33H,6-17H2,1-5H3,(H,26,31)(H,27,34)/t21-,22-/m0/s1. The second kappa shape index (κ2) is 18.2. The summed E-state index contributed by atoms with van der Waals surface area (Å²) in [6.07, 6.45) is 0.476. The summed E-state index contributed by atoms with van der Waals surface area (Å²) < 4.78 is 0. The molecule has 0 aromatic heterocycles. The largest absolute Gasteiger partial charge is 0.396 e. The molecule has 2 atom stereocenters. The maximum atomic E-state index is 12.0. The number of aliphatic hydroxyl groups is 3. The van der Waals surface area contributed by atoms with Gasteiger partial charge >= 0.3 is 0 Å². The Morgan fingerprint density at radius 2 is 1.39 bits per heavy atom. The molecule has 0 saturated carbocycles. The molecule has 0 saturated heterocycles. The highest BCUT2D eigenvalue weighted by molar-refractivity contribution is 8.76. The second-order valence-corrected chi connectivity index (χ2v) is 13.0. The minimum absolute atomic E-state index is 0.0921. The van der Waals surface area contributed by atoms with Gasteiger partial charge in [0, 0.05) is 55.7 Å². The van der Waals surface area contributed by atoms with E-state index in [2.05, 4.69) is 10.6 Å². The van der Waals surface area contributed by atoms with E-state index in [4.69, 9.17) is 0 Å². The number of nitrogens with one attached hydrogen (secondary N) is 2. The van der Waals surface area contributed by atoms with Gasteiger partial charge in [0.2, 0.25) is 11.8 Å². The van der Waals surface area contributed by atoms with Gasteiger partial charge in [0.15, 0.2) is 5.78 Å². The summed E-state index contributed by atoms with van der Waals surface area (Å²) in [7, 11) is 3.24. The van der Waals surface area contributed by atoms with Crippen molar-refractivity contribution in [3.63, 3.8) is 0 Å². The maximum absolute atomic E-state index is 12.0. The van der Waals surface area contributed by atoms with E-state index in [-0.39, 0.29) is 43.5 Å². The molecule has 5 N–H and O–H groups in total. The molecule has 0 aromatic rings. The number of aliphatic hydroxyl groups excluding tert-OH is 3. The van der Waals surface area contributed by atoms with Crippen LogP contribution in [0.5, 0.6) is 0 Å². The first-order valence-electron chi connectivity index (χ1n) is 12.6. The Labute approximate surface area is 223 Å². The quantitative estimate of drug-likeness (QED) is 0.107. The van der Waals surface area contributed by atoms with Crippen molar-refractivity contribution in [2.45, 2.75) is 91.8 Å². The zero-order chi connectivity index (χ0) is 27.8. The van der Waals surface area contributed by atoms with Crippen molar-refractivity contribution in [2.24, 2.45) is 10.8 Å². The molecule has 0 heterocycles. The van der Waals surface area contributed by atoms with Crippen molar-refractivity contribution < 1.29 is 34.5 Å². The van der Waals surface area contributed by atoms with Crippen molar-refractivity contribution in [3.05, 3.63) is 0 Å². The molecular weight excluding hydrogens is 504 g/mol. The molecule has 0 aliphatic rings. The van der Waals surface area contributed by atoms with Gasteiger partial charge in [0.05, 0.1) is 6.61 Å². The van der Waals surface area contributed by atoms with Crippen LogP contribution in [0.15, 0.2) is 0 Å². The van der Waals surface area contributed by atoms with Crippen LogP contribution in [-0.2, 0) is 19.2 Å². The van der Waals surface area contributed by atoms with Gasteiger partial charge in [0.25, 0.3) is 0 Å². The highest BCUT2D eigenvalue weighted by Gasteiger charge is 2.32. The fourth-order valence-corrected chi connectivity index (χ4v) is 4.95. The highest BCUT2D eigenvalue weighted by atomic mass is 33.1. The summed E-state index contributed by atoms with van der Waals surface area (Å²) in [5.41, 5.74) is -1.40. The number of Topliss-reactive ketones (excluding diaryl/α,β-unsaturated/α-hetero) is 2. The van der Waals surface area contributed by atoms with Crippen LogP contribution in [0.3, 0.4) is 0 Å². The van der Waals surface area contributed by atoms with Gasteiger partial charge in [-0.05, 0) is 24.7 Å². The predicted octanol–water partition coefficient (Wildman–Crippen LogP) is 2.26. The lowest BCUT2D eigenvalue weighted by Gasteiger charge is -2.28. The average Bonchev–Trinajstić information content (AvgIpc) is 2.84. The summed E-state index contributed by atoms with van der Waals surface area (Å²) in [6.45, 7) is 9.17. The number of rotatable bonds is 21. The van der Waals surface area contributed by atoms with Crippen LogP contribution in [0.2, 0.25) is 0 Å². The lowest BCUT2D eigenvalue weighted by Crippen LogP contribution is -2.44. The summed E-state index contributed by atoms with van der Waals surface area (Å²) >= 11 is 0. The topological polar surface area (TPSA) is 153 Å². The number of hydrogen-bond donors (Lipinski definition) is 5. The van der Waals surface area contributed by atoms with E-state index in [0.717, 1.165) is 17.9 Å². The fourth-order valence-electron chi connectivity index (χ4n) is 2.95. The van der Waals surface area contributed by atoms with Gasteiger partial charge in [-0.15, -0.1) is 0 Å². The predicted molar refractivity (Wildman–Crippen MR) is 146 cm³/mol. The van der Waals surface area contributed by atoms with Crippen LogP contribution in [0.4, 0.5) is 0 Å². The third-order valence-corrected chi connectivity index (χ3v) is 8.65. The van der Waals surface area contributed by atoms with Gasteiger partial charge in [-0.2, -0.15) is 0 Å². The van der Waals surface area contributed by atoms with Crippen LogP contribution in [0.25, 0.3) is 0 Å². The average molecular weight is 551 g/mol. The van der Waals surface area contributed by atoms with Gasteiger partial charge in [-0.1, -0.05) is 56.2 Å². The number of ketones is 2. The molecule has 0 radical (unpaired) electrons. The van der Waals surface area contributed by atoms with Crippen molar-refractivity contribution >= 4 is 45.0 Å². The lowest BCUT2D eigenvalue weighted by atomic mass is 9.83. The van der Waals surface area contributed by atoms with E-state index < -0.39 is 28.9 Å². The SMILES string of the molecule is CCC(C)(C)[C@@H](O)C(=O)NCCC(=O)NCCSSCCCC(=O)CCCC(=O)[C@H](O)C(C)(C)CO. The highest BCUT2D eigenvalue weighted by Crippen LogP contribution is 2.25. The number of carbonyl (C=O) groups is 4. The van der Waals surface area contributed by atoms with Crippen LogP contribution in [-0.4, -0.2) is 82.1 Å². The monoisotopic (exact) mass is 550 g/mol. The summed E-state index contributed by atoms with van der Waals surface area (Å²) in [6, 6.07) is 0. The molecule has 0 rings (SSSR count). The van der Waals surface area contributed by atoms with Gasteiger partial charge < -0.3 is 26.0 Å². The Balaban J connectivity index is 3.74. The normalized spacial score (nSPS) is 13.7. The minimum atomic E-state index is -1.23. The van der Waals surface area contributed by atoms with Crippen molar-refractivity contribution in [2.75, 3.05) is 31.2 Å². The van der Waals surface area contributed by atoms with E-state index >= 15 is 0 Å². The molecule has 0 aromatic carbocycles. The smallest absolute Gasteiger partial charge is 0.249 e. The molecule has 9 nitrogen and oxygen atoms in total. The lowest BCUT2D eigenvalue weighted by molar-refractivity contribution is -0.136. The molecule has 0 fully saturated rings. The van der Waals surface area contributed by atoms with E-state index in [1.54, 1.807) is 35.4 Å². The van der Waals surface area contributed by atoms with Crippen molar-refractivity contribution in [1.29, 1.82) is 0 Å². The number of amides is 2. The molecule has 2 amide bonds. The number of hydrogen-bond acceptors (Lipinski definition) is 9. The molecular formula is C25H46N2O7S2. The molecule has 0 spiro atoms. The Hall–Kier alpha value is -1.14. The van der Waals surface area contributed by atoms with Gasteiger partial charge in [-0.3, -0.25) is 19.2 Å². The first-order chi connectivity index (χ1) is 16.8. The second-order valence-electron chi connectivity index (χ2n) is 10.3. The molecule has 11 heteroatoms. The summed E-state index contributed by atoms with van der Waals surface area (Å²) in [5, 5.41) is 34.6. The first-order valence-corrected chi connectivity index (χ1v) is 15.1. The van der Waals surface area contributed by atoms with E-state index in [1.807, 2.05) is 20.8 Å². The van der Waals surface area contributed by atoms with Gasteiger partial charge in [0.1, 0.15) is 18.0 Å². The molecule has 0 aliphatic heterocycles. The third kappa shape index (κ3) is 14.6. The Bertz CT molecular complexity index is 644. The number of carbonyl (C=O) groups excluding carboxylic acids is 4. The summed E-state index contributed by atoms with van der Waals surface area (Å²) in [4.78, 5) is 47.8. The fraction of sp³-hybridized carbons (Fsp3) is 0.840. The Kier molecular flexibility index (Phi) is 17.6. The molecule has 36 heavy (non-hydrogen) atoms. The van der Waals surface area contributed by atoms with Crippen molar-refractivity contribution in [1.82, 2.24) is 10.6 Å². The summed E-state index contributed by atoms with van der Waals surface area (Å²) in [5.74, 6) is 0.634. The van der Waals surface area contributed by atoms with Crippen molar-refractivity contribution in [3.8, 4) is 0 Å². The molecule has 0 aliphatic carbocycles. The Morgan fingerprint density at radius 3 is 2.00 bits per heavy atom. The van der Waals surface area contributed by atoms with Gasteiger partial charge in [-0.25, -0.2) is 0 Å². The van der Waals surface area contributed by atoms with E-state index in [0.29, 0.717) is 32.2 Å². The Morgan fingerprint density at radius 1 is 0.778 bits per heavy atom. The molecule has 0 bridgehead atoms. The minimum Gasteiger partial charge on any atom is -0.396 e. The van der Waals surface area contributed by atoms with E-state index in [1.165, 1.54) is 0 Å². The van der Waals surface area contributed by atoms with Crippen LogP contribution >= 0.6 is 21.6 Å². The first kappa shape index (κ1) is 34.9. The molecule has 0 unspecified atom stereocenters. The third-order valence-electron chi connectivity index (χ3n) is 6.16. The van der Waals surface area contributed by atoms with Crippen LogP contribution < -0.4 is 10.6 Å². The molecule has 210 valence electrons. The van der Waals surface area contributed by atoms with Crippen LogP contribution in [0.1, 0.15) is 79.6 Å². The zero-order valence-corrected chi connectivity index (χ0v) is 24.1.